The van der Waals surface area contributed by atoms with Gasteiger partial charge < -0.3 is 10.4 Å². The molecule has 0 aliphatic rings. The van der Waals surface area contributed by atoms with Crippen LogP contribution in [0.15, 0.2) is 48.5 Å². The molecule has 2 rings (SSSR count). The smallest absolute Gasteiger partial charge is 0.258 e. The third-order valence-corrected chi connectivity index (χ3v) is 3.82. The molecule has 1 atom stereocenters. The highest BCUT2D eigenvalue weighted by Gasteiger charge is 2.30. The second-order valence-electron chi connectivity index (χ2n) is 4.92. The molecule has 21 heavy (non-hydrogen) atoms. The van der Waals surface area contributed by atoms with E-state index in [9.17, 15) is 14.3 Å². The van der Waals surface area contributed by atoms with Crippen molar-refractivity contribution in [1.82, 2.24) is 5.32 Å². The van der Waals surface area contributed by atoms with E-state index >= 15 is 0 Å². The van der Waals surface area contributed by atoms with E-state index in [1.807, 2.05) is 30.3 Å². The van der Waals surface area contributed by atoms with E-state index < -0.39 is 23.0 Å². The minimum atomic E-state index is -0.866. The van der Waals surface area contributed by atoms with Crippen LogP contribution in [-0.4, -0.2) is 16.9 Å². The van der Waals surface area contributed by atoms with Crippen LogP contribution in [0.1, 0.15) is 22.8 Å². The van der Waals surface area contributed by atoms with Crippen molar-refractivity contribution in [2.75, 3.05) is 5.88 Å². The molecule has 0 saturated heterocycles. The number of halogens is 2. The van der Waals surface area contributed by atoms with Gasteiger partial charge in [-0.25, -0.2) is 4.39 Å². The lowest BCUT2D eigenvalue weighted by atomic mass is 9.93. The first-order valence-corrected chi connectivity index (χ1v) is 6.93. The molecular weight excluding hydrogens is 293 g/mol. The number of phenolic OH excluding ortho intramolecular Hbond substituents is 1. The Morgan fingerprint density at radius 3 is 2.48 bits per heavy atom. The van der Waals surface area contributed by atoms with Gasteiger partial charge in [-0.2, -0.15) is 0 Å². The van der Waals surface area contributed by atoms with Gasteiger partial charge in [-0.1, -0.05) is 36.4 Å². The summed E-state index contributed by atoms with van der Waals surface area (Å²) >= 11 is 5.98. The van der Waals surface area contributed by atoms with Crippen molar-refractivity contribution in [3.8, 4) is 5.75 Å². The number of amides is 1. The average molecular weight is 308 g/mol. The fraction of sp³-hybridized carbons (Fsp3) is 0.188. The summed E-state index contributed by atoms with van der Waals surface area (Å²) in [6.07, 6.45) is 0. The zero-order valence-corrected chi connectivity index (χ0v) is 12.2. The summed E-state index contributed by atoms with van der Waals surface area (Å²) in [4.78, 5) is 12.3. The van der Waals surface area contributed by atoms with Crippen molar-refractivity contribution in [2.24, 2.45) is 0 Å². The fourth-order valence-electron chi connectivity index (χ4n) is 2.04. The molecule has 2 aromatic carbocycles. The zero-order chi connectivity index (χ0) is 15.5. The third-order valence-electron chi connectivity index (χ3n) is 3.29. The lowest BCUT2D eigenvalue weighted by Gasteiger charge is -2.29. The molecule has 0 radical (unpaired) electrons. The summed E-state index contributed by atoms with van der Waals surface area (Å²) in [5, 5.41) is 12.4. The normalized spacial score (nSPS) is 13.5. The van der Waals surface area contributed by atoms with Gasteiger partial charge in [0.05, 0.1) is 5.54 Å². The molecule has 0 aliphatic heterocycles. The Hall–Kier alpha value is -2.07. The van der Waals surface area contributed by atoms with E-state index in [-0.39, 0.29) is 11.4 Å². The van der Waals surface area contributed by atoms with Crippen molar-refractivity contribution in [1.29, 1.82) is 0 Å². The van der Waals surface area contributed by atoms with Crippen molar-refractivity contribution in [3.05, 3.63) is 65.5 Å². The molecule has 1 unspecified atom stereocenters. The number of hydrogen-bond acceptors (Lipinski definition) is 2. The Bertz CT molecular complexity index is 628. The highest BCUT2D eigenvalue weighted by Crippen LogP contribution is 2.25. The fourth-order valence-corrected chi connectivity index (χ4v) is 2.26. The predicted molar refractivity (Wildman–Crippen MR) is 80.0 cm³/mol. The number of rotatable bonds is 4. The summed E-state index contributed by atoms with van der Waals surface area (Å²) in [6, 6.07) is 12.9. The molecule has 2 N–H and O–H groups in total. The SMILES string of the molecule is CC(CCl)(NC(=O)c1c(O)cccc1F)c1ccccc1. The van der Waals surface area contributed by atoms with Gasteiger partial charge in [0.15, 0.2) is 0 Å². The maximum absolute atomic E-state index is 13.7. The third kappa shape index (κ3) is 3.16. The molecule has 0 heterocycles. The topological polar surface area (TPSA) is 49.3 Å². The second kappa shape index (κ2) is 6.14. The maximum Gasteiger partial charge on any atom is 0.258 e. The summed E-state index contributed by atoms with van der Waals surface area (Å²) in [7, 11) is 0. The Morgan fingerprint density at radius 1 is 1.24 bits per heavy atom. The number of alkyl halides is 1. The van der Waals surface area contributed by atoms with Gasteiger partial charge >= 0.3 is 0 Å². The highest BCUT2D eigenvalue weighted by molar-refractivity contribution is 6.19. The van der Waals surface area contributed by atoms with E-state index in [1.54, 1.807) is 6.92 Å². The van der Waals surface area contributed by atoms with Crippen LogP contribution in [0.2, 0.25) is 0 Å². The van der Waals surface area contributed by atoms with Gasteiger partial charge in [0.25, 0.3) is 5.91 Å². The average Bonchev–Trinajstić information content (AvgIpc) is 2.48. The molecule has 0 saturated carbocycles. The molecule has 0 aromatic heterocycles. The van der Waals surface area contributed by atoms with Gasteiger partial charge in [0.2, 0.25) is 0 Å². The Morgan fingerprint density at radius 2 is 1.90 bits per heavy atom. The van der Waals surface area contributed by atoms with Crippen molar-refractivity contribution < 1.29 is 14.3 Å². The molecule has 2 aromatic rings. The lowest BCUT2D eigenvalue weighted by molar-refractivity contribution is 0.0906. The number of nitrogens with one attached hydrogen (secondary N) is 1. The molecule has 0 fully saturated rings. The number of phenols is 1. The summed E-state index contributed by atoms with van der Waals surface area (Å²) in [5.41, 5.74) is -0.455. The summed E-state index contributed by atoms with van der Waals surface area (Å²) in [6.45, 7) is 1.74. The van der Waals surface area contributed by atoms with Gasteiger partial charge in [-0.3, -0.25) is 4.79 Å². The van der Waals surface area contributed by atoms with Crippen molar-refractivity contribution >= 4 is 17.5 Å². The molecule has 1 amide bonds. The maximum atomic E-state index is 13.7. The van der Waals surface area contributed by atoms with E-state index in [0.717, 1.165) is 11.6 Å². The van der Waals surface area contributed by atoms with E-state index in [1.165, 1.54) is 12.1 Å². The van der Waals surface area contributed by atoms with Crippen molar-refractivity contribution in [3.63, 3.8) is 0 Å². The largest absolute Gasteiger partial charge is 0.507 e. The molecule has 5 heteroatoms. The van der Waals surface area contributed by atoms with Crippen LogP contribution in [0, 0.1) is 5.82 Å². The Labute approximate surface area is 127 Å². The molecule has 0 aliphatic carbocycles. The molecular formula is C16H15ClFNO2. The predicted octanol–water partition coefficient (Wildman–Crippen LogP) is 3.42. The number of benzene rings is 2. The van der Waals surface area contributed by atoms with Gasteiger partial charge in [-0.15, -0.1) is 11.6 Å². The first-order valence-electron chi connectivity index (χ1n) is 6.39. The van der Waals surface area contributed by atoms with Crippen LogP contribution in [0.25, 0.3) is 0 Å². The van der Waals surface area contributed by atoms with Crippen LogP contribution in [0.3, 0.4) is 0 Å². The van der Waals surface area contributed by atoms with Crippen LogP contribution in [0.4, 0.5) is 4.39 Å². The second-order valence-corrected chi connectivity index (χ2v) is 5.19. The van der Waals surface area contributed by atoms with Crippen molar-refractivity contribution in [2.45, 2.75) is 12.5 Å². The minimum Gasteiger partial charge on any atom is -0.507 e. The van der Waals surface area contributed by atoms with Crippen LogP contribution >= 0.6 is 11.6 Å². The molecule has 0 bridgehead atoms. The monoisotopic (exact) mass is 307 g/mol. The lowest BCUT2D eigenvalue weighted by Crippen LogP contribution is -2.45. The zero-order valence-electron chi connectivity index (χ0n) is 11.4. The van der Waals surface area contributed by atoms with Crippen LogP contribution in [-0.2, 0) is 5.54 Å². The standard InChI is InChI=1S/C16H15ClFNO2/c1-16(10-17,11-6-3-2-4-7-11)19-15(21)14-12(18)8-5-9-13(14)20/h2-9,20H,10H2,1H3,(H,19,21). The molecule has 3 nitrogen and oxygen atoms in total. The number of hydrogen-bond donors (Lipinski definition) is 2. The molecule has 0 spiro atoms. The molecule has 110 valence electrons. The Balaban J connectivity index is 2.33. The summed E-state index contributed by atoms with van der Waals surface area (Å²) in [5.74, 6) is -1.79. The quantitative estimate of drug-likeness (QED) is 0.850. The highest BCUT2D eigenvalue weighted by atomic mass is 35.5. The number of carbonyl (C=O) groups excluding carboxylic acids is 1. The first kappa shape index (κ1) is 15.3. The minimum absolute atomic E-state index is 0.109. The number of carbonyl (C=O) groups is 1. The van der Waals surface area contributed by atoms with Gasteiger partial charge in [-0.05, 0) is 24.6 Å². The first-order chi connectivity index (χ1) is 9.98. The summed E-state index contributed by atoms with van der Waals surface area (Å²) < 4.78 is 13.7. The Kier molecular flexibility index (Phi) is 4.48. The number of aromatic hydroxyl groups is 1. The van der Waals surface area contributed by atoms with E-state index in [2.05, 4.69) is 5.32 Å². The van der Waals surface area contributed by atoms with Crippen LogP contribution in [0.5, 0.6) is 5.75 Å². The van der Waals surface area contributed by atoms with Crippen LogP contribution < -0.4 is 5.32 Å². The van der Waals surface area contributed by atoms with E-state index in [4.69, 9.17) is 11.6 Å². The van der Waals surface area contributed by atoms with Gasteiger partial charge in [0.1, 0.15) is 17.1 Å². The van der Waals surface area contributed by atoms with E-state index in [0.29, 0.717) is 0 Å². The van der Waals surface area contributed by atoms with Gasteiger partial charge in [0, 0.05) is 5.88 Å².